The van der Waals surface area contributed by atoms with Gasteiger partial charge in [0.15, 0.2) is 5.69 Å². The zero-order chi connectivity index (χ0) is 24.1. The Bertz CT molecular complexity index is 1330. The predicted octanol–water partition coefficient (Wildman–Crippen LogP) is 3.00. The number of aryl methyl sites for hydroxylation is 1. The molecular formula is C22H22N8O3S. The van der Waals surface area contributed by atoms with Crippen molar-refractivity contribution in [3.63, 3.8) is 0 Å². The van der Waals surface area contributed by atoms with Gasteiger partial charge >= 0.3 is 0 Å². The molecule has 0 bridgehead atoms. The van der Waals surface area contributed by atoms with Gasteiger partial charge in [0.1, 0.15) is 5.75 Å². The Balaban J connectivity index is 1.59. The van der Waals surface area contributed by atoms with Gasteiger partial charge in [0.2, 0.25) is 11.6 Å². The molecule has 0 aliphatic heterocycles. The van der Waals surface area contributed by atoms with Gasteiger partial charge in [-0.05, 0) is 48.4 Å². The molecule has 0 fully saturated rings. The van der Waals surface area contributed by atoms with Gasteiger partial charge in [-0.25, -0.2) is 10.1 Å². The zero-order valence-corrected chi connectivity index (χ0v) is 19.5. The van der Waals surface area contributed by atoms with Crippen molar-refractivity contribution in [3.05, 3.63) is 71.0 Å². The van der Waals surface area contributed by atoms with Crippen molar-refractivity contribution in [2.24, 2.45) is 5.10 Å². The maximum Gasteiger partial charge on any atom is 0.293 e. The van der Waals surface area contributed by atoms with Crippen LogP contribution in [0.5, 0.6) is 5.75 Å². The third-order valence-electron chi connectivity index (χ3n) is 4.88. The molecule has 34 heavy (non-hydrogen) atoms. The minimum Gasteiger partial charge on any atom is -0.497 e. The highest BCUT2D eigenvalue weighted by Crippen LogP contribution is 2.26. The molecule has 12 heteroatoms. The van der Waals surface area contributed by atoms with Gasteiger partial charge in [-0.2, -0.15) is 9.78 Å². The Morgan fingerprint density at radius 2 is 2.03 bits per heavy atom. The number of hydrogen-bond acceptors (Lipinski definition) is 10. The number of hydrazone groups is 1. The van der Waals surface area contributed by atoms with Gasteiger partial charge < -0.3 is 10.5 Å². The van der Waals surface area contributed by atoms with Crippen LogP contribution in [0.3, 0.4) is 0 Å². The van der Waals surface area contributed by atoms with Crippen molar-refractivity contribution in [3.8, 4) is 11.6 Å². The minimum absolute atomic E-state index is 0.0327. The summed E-state index contributed by atoms with van der Waals surface area (Å²) >= 11 is 1.51. The van der Waals surface area contributed by atoms with Gasteiger partial charge in [-0.1, -0.05) is 35.0 Å². The Kier molecular flexibility index (Phi) is 6.87. The maximum absolute atomic E-state index is 13.0. The van der Waals surface area contributed by atoms with E-state index in [4.69, 9.17) is 15.1 Å². The van der Waals surface area contributed by atoms with E-state index in [9.17, 15) is 4.79 Å². The van der Waals surface area contributed by atoms with Crippen LogP contribution in [0.2, 0.25) is 0 Å². The Hall–Kier alpha value is -4.19. The molecule has 3 N–H and O–H groups in total. The smallest absolute Gasteiger partial charge is 0.293 e. The summed E-state index contributed by atoms with van der Waals surface area (Å²) in [6.07, 6.45) is 0. The lowest BCUT2D eigenvalue weighted by Gasteiger charge is -2.07. The Labute approximate surface area is 199 Å². The fraction of sp³-hybridized carbons (Fsp3) is 0.182. The van der Waals surface area contributed by atoms with Gasteiger partial charge in [0, 0.05) is 16.2 Å². The number of nitrogens with one attached hydrogen (secondary N) is 1. The molecule has 11 nitrogen and oxygen atoms in total. The number of amides is 1. The van der Waals surface area contributed by atoms with Gasteiger partial charge in [0.25, 0.3) is 5.91 Å². The first kappa shape index (κ1) is 23.0. The average molecular weight is 479 g/mol. The van der Waals surface area contributed by atoms with E-state index in [0.717, 1.165) is 16.0 Å². The lowest BCUT2D eigenvalue weighted by molar-refractivity contribution is 0.0949. The van der Waals surface area contributed by atoms with E-state index in [1.54, 1.807) is 14.0 Å². The molecule has 0 atom stereocenters. The van der Waals surface area contributed by atoms with E-state index in [0.29, 0.717) is 22.9 Å². The lowest BCUT2D eigenvalue weighted by atomic mass is 10.1. The fourth-order valence-electron chi connectivity index (χ4n) is 3.00. The number of anilines is 1. The molecular weight excluding hydrogens is 456 g/mol. The number of nitrogen functional groups attached to an aromatic ring is 1. The van der Waals surface area contributed by atoms with Crippen molar-refractivity contribution in [1.82, 2.24) is 30.7 Å². The van der Waals surface area contributed by atoms with E-state index >= 15 is 0 Å². The maximum atomic E-state index is 13.0. The van der Waals surface area contributed by atoms with Crippen LogP contribution in [0.1, 0.15) is 34.2 Å². The highest BCUT2D eigenvalue weighted by Gasteiger charge is 2.24. The van der Waals surface area contributed by atoms with Gasteiger partial charge in [-0.15, -0.1) is 16.9 Å². The highest BCUT2D eigenvalue weighted by atomic mass is 32.2. The topological polar surface area (TPSA) is 146 Å². The summed E-state index contributed by atoms with van der Waals surface area (Å²) in [7, 11) is 1.59. The number of hydrogen-bond donors (Lipinski definition) is 2. The van der Waals surface area contributed by atoms with E-state index < -0.39 is 5.91 Å². The SMILES string of the molecule is COc1cccc(C(C)=NNC(=O)c2nnn(-c3nonc3N)c2CSc2ccc(C)cc2)c1. The monoisotopic (exact) mass is 478 g/mol. The van der Waals surface area contributed by atoms with Crippen LogP contribution in [0, 0.1) is 6.92 Å². The summed E-state index contributed by atoms with van der Waals surface area (Å²) in [6.45, 7) is 3.80. The summed E-state index contributed by atoms with van der Waals surface area (Å²) in [5.41, 5.74) is 11.5. The first-order valence-electron chi connectivity index (χ1n) is 10.2. The van der Waals surface area contributed by atoms with Crippen molar-refractivity contribution >= 4 is 29.2 Å². The molecule has 4 aromatic rings. The Morgan fingerprint density at radius 1 is 1.24 bits per heavy atom. The first-order valence-corrected chi connectivity index (χ1v) is 11.2. The fourth-order valence-corrected chi connectivity index (χ4v) is 3.89. The van der Waals surface area contributed by atoms with Crippen molar-refractivity contribution in [1.29, 1.82) is 0 Å². The number of nitrogens with two attached hydrogens (primary N) is 1. The Morgan fingerprint density at radius 3 is 2.74 bits per heavy atom. The standard InChI is InChI=1S/C22H22N8O3S/c1-13-7-9-17(10-8-13)34-12-18-19(25-29-30(18)21-20(23)27-33-28-21)22(31)26-24-14(2)15-5-4-6-16(11-15)32-3/h4-11H,12H2,1-3H3,(H2,23,27)(H,26,31). The quantitative estimate of drug-likeness (QED) is 0.222. The first-order chi connectivity index (χ1) is 16.5. The predicted molar refractivity (Wildman–Crippen MR) is 127 cm³/mol. The summed E-state index contributed by atoms with van der Waals surface area (Å²) < 4.78 is 11.3. The van der Waals surface area contributed by atoms with Crippen LogP contribution in [-0.2, 0) is 5.75 Å². The van der Waals surface area contributed by atoms with Crippen LogP contribution in [0.25, 0.3) is 5.82 Å². The van der Waals surface area contributed by atoms with Crippen LogP contribution in [0.4, 0.5) is 5.82 Å². The molecule has 0 aliphatic carbocycles. The molecule has 2 heterocycles. The van der Waals surface area contributed by atoms with Crippen molar-refractivity contribution in [2.75, 3.05) is 12.8 Å². The number of carbonyl (C=O) groups excluding carboxylic acids is 1. The second kappa shape index (κ2) is 10.2. The molecule has 0 aliphatic rings. The summed E-state index contributed by atoms with van der Waals surface area (Å²) in [5, 5.41) is 19.7. The van der Waals surface area contributed by atoms with Gasteiger partial charge in [-0.3, -0.25) is 4.79 Å². The summed E-state index contributed by atoms with van der Waals surface area (Å²) in [5.74, 6) is 0.718. The number of nitrogens with zero attached hydrogens (tertiary/aromatic N) is 6. The molecule has 2 aromatic carbocycles. The molecule has 0 unspecified atom stereocenters. The average Bonchev–Trinajstić information content (AvgIpc) is 3.47. The van der Waals surface area contributed by atoms with Crippen molar-refractivity contribution in [2.45, 2.75) is 24.5 Å². The van der Waals surface area contributed by atoms with Crippen LogP contribution >= 0.6 is 11.8 Å². The molecule has 0 spiro atoms. The lowest BCUT2D eigenvalue weighted by Crippen LogP contribution is -2.21. The normalized spacial score (nSPS) is 11.4. The largest absolute Gasteiger partial charge is 0.497 e. The summed E-state index contributed by atoms with van der Waals surface area (Å²) in [6, 6.07) is 15.4. The molecule has 1 amide bonds. The minimum atomic E-state index is -0.525. The molecule has 2 aromatic heterocycles. The number of aromatic nitrogens is 5. The second-order valence-corrected chi connectivity index (χ2v) is 8.29. The molecule has 0 saturated heterocycles. The van der Waals surface area contributed by atoms with Crippen LogP contribution in [0.15, 0.2) is 63.2 Å². The molecule has 0 radical (unpaired) electrons. The van der Waals surface area contributed by atoms with E-state index in [-0.39, 0.29) is 17.3 Å². The number of carbonyl (C=O) groups is 1. The van der Waals surface area contributed by atoms with Crippen LogP contribution < -0.4 is 15.9 Å². The number of methoxy groups -OCH3 is 1. The summed E-state index contributed by atoms with van der Waals surface area (Å²) in [4.78, 5) is 14.0. The third kappa shape index (κ3) is 5.07. The number of rotatable bonds is 8. The van der Waals surface area contributed by atoms with Crippen molar-refractivity contribution < 1.29 is 14.2 Å². The van der Waals surface area contributed by atoms with Gasteiger partial charge in [0.05, 0.1) is 18.5 Å². The number of thioether (sulfide) groups is 1. The molecule has 174 valence electrons. The highest BCUT2D eigenvalue weighted by molar-refractivity contribution is 7.98. The van der Waals surface area contributed by atoms with Crippen LogP contribution in [-0.4, -0.2) is 44.0 Å². The number of benzene rings is 2. The number of ether oxygens (including phenoxy) is 1. The second-order valence-electron chi connectivity index (χ2n) is 7.24. The van der Waals surface area contributed by atoms with E-state index in [1.807, 2.05) is 55.5 Å². The van der Waals surface area contributed by atoms with E-state index in [2.05, 4.69) is 31.2 Å². The molecule has 4 rings (SSSR count). The zero-order valence-electron chi connectivity index (χ0n) is 18.7. The molecule has 0 saturated carbocycles. The van der Waals surface area contributed by atoms with E-state index in [1.165, 1.54) is 16.4 Å². The third-order valence-corrected chi connectivity index (χ3v) is 5.91.